The lowest BCUT2D eigenvalue weighted by atomic mass is 9.91. The zero-order valence-electron chi connectivity index (χ0n) is 8.09. The number of anilines is 1. The Kier molecular flexibility index (Phi) is 3.08. The Morgan fingerprint density at radius 3 is 3.00 bits per heavy atom. The smallest absolute Gasteiger partial charge is 0.0350 e. The molecule has 0 spiro atoms. The molecular formula is C11H15BrN2. The van der Waals surface area contributed by atoms with Crippen LogP contribution in [0.15, 0.2) is 22.7 Å². The second-order valence-electron chi connectivity index (χ2n) is 3.82. The van der Waals surface area contributed by atoms with Gasteiger partial charge in [-0.15, -0.1) is 0 Å². The number of rotatable bonds is 1. The van der Waals surface area contributed by atoms with Gasteiger partial charge in [-0.25, -0.2) is 0 Å². The maximum absolute atomic E-state index is 5.97. The van der Waals surface area contributed by atoms with Crippen LogP contribution in [-0.2, 0) is 0 Å². The molecule has 1 saturated heterocycles. The molecule has 2 rings (SSSR count). The summed E-state index contributed by atoms with van der Waals surface area (Å²) in [5, 5.41) is 3.41. The zero-order valence-corrected chi connectivity index (χ0v) is 9.68. The summed E-state index contributed by atoms with van der Waals surface area (Å²) in [7, 11) is 0. The molecule has 1 atom stereocenters. The normalized spacial score (nSPS) is 22.2. The molecule has 3 N–H and O–H groups in total. The van der Waals surface area contributed by atoms with Gasteiger partial charge in [-0.1, -0.05) is 15.9 Å². The van der Waals surface area contributed by atoms with E-state index in [-0.39, 0.29) is 0 Å². The van der Waals surface area contributed by atoms with Crippen LogP contribution >= 0.6 is 15.9 Å². The summed E-state index contributed by atoms with van der Waals surface area (Å²) in [6.45, 7) is 2.20. The summed E-state index contributed by atoms with van der Waals surface area (Å²) in [6.07, 6.45) is 2.49. The molecule has 1 fully saturated rings. The Bertz CT molecular complexity index is 319. The predicted molar refractivity (Wildman–Crippen MR) is 63.4 cm³/mol. The SMILES string of the molecule is Nc1ccc(Br)cc1C1CCCNC1. The molecule has 14 heavy (non-hydrogen) atoms. The fourth-order valence-corrected chi connectivity index (χ4v) is 2.40. The van der Waals surface area contributed by atoms with Gasteiger partial charge in [-0.05, 0) is 49.1 Å². The lowest BCUT2D eigenvalue weighted by Gasteiger charge is -2.24. The van der Waals surface area contributed by atoms with E-state index in [2.05, 4.69) is 27.3 Å². The highest BCUT2D eigenvalue weighted by atomic mass is 79.9. The molecule has 2 nitrogen and oxygen atoms in total. The Labute approximate surface area is 93.0 Å². The van der Waals surface area contributed by atoms with Gasteiger partial charge in [-0.3, -0.25) is 0 Å². The van der Waals surface area contributed by atoms with Crippen molar-refractivity contribution in [2.45, 2.75) is 18.8 Å². The van der Waals surface area contributed by atoms with E-state index in [4.69, 9.17) is 5.73 Å². The molecule has 0 aromatic heterocycles. The largest absolute Gasteiger partial charge is 0.398 e. The van der Waals surface area contributed by atoms with Gasteiger partial charge in [0.05, 0.1) is 0 Å². The predicted octanol–water partition coefficient (Wildman–Crippen LogP) is 2.50. The number of hydrogen-bond acceptors (Lipinski definition) is 2. The molecule has 1 unspecified atom stereocenters. The van der Waals surface area contributed by atoms with E-state index >= 15 is 0 Å². The van der Waals surface area contributed by atoms with Crippen molar-refractivity contribution in [3.05, 3.63) is 28.2 Å². The highest BCUT2D eigenvalue weighted by molar-refractivity contribution is 9.10. The summed E-state index contributed by atoms with van der Waals surface area (Å²) in [6, 6.07) is 6.12. The summed E-state index contributed by atoms with van der Waals surface area (Å²) >= 11 is 3.49. The summed E-state index contributed by atoms with van der Waals surface area (Å²) in [4.78, 5) is 0. The quantitative estimate of drug-likeness (QED) is 0.756. The van der Waals surface area contributed by atoms with E-state index in [9.17, 15) is 0 Å². The van der Waals surface area contributed by atoms with Gasteiger partial charge in [0, 0.05) is 16.7 Å². The Morgan fingerprint density at radius 2 is 2.29 bits per heavy atom. The summed E-state index contributed by atoms with van der Waals surface area (Å²) < 4.78 is 1.12. The third kappa shape index (κ3) is 2.10. The van der Waals surface area contributed by atoms with E-state index in [1.165, 1.54) is 18.4 Å². The van der Waals surface area contributed by atoms with Crippen LogP contribution in [0.5, 0.6) is 0 Å². The van der Waals surface area contributed by atoms with Crippen molar-refractivity contribution in [2.75, 3.05) is 18.8 Å². The first-order valence-electron chi connectivity index (χ1n) is 5.03. The topological polar surface area (TPSA) is 38.0 Å². The second kappa shape index (κ2) is 4.32. The molecule has 1 aliphatic rings. The van der Waals surface area contributed by atoms with Crippen molar-refractivity contribution >= 4 is 21.6 Å². The molecule has 3 heteroatoms. The minimum Gasteiger partial charge on any atom is -0.398 e. The van der Waals surface area contributed by atoms with Gasteiger partial charge in [0.2, 0.25) is 0 Å². The molecule has 0 bridgehead atoms. The van der Waals surface area contributed by atoms with Crippen LogP contribution in [0.4, 0.5) is 5.69 Å². The summed E-state index contributed by atoms with van der Waals surface area (Å²) in [5.74, 6) is 0.584. The number of nitrogens with two attached hydrogens (primary N) is 1. The number of nitrogens with one attached hydrogen (secondary N) is 1. The van der Waals surface area contributed by atoms with Crippen molar-refractivity contribution in [2.24, 2.45) is 0 Å². The van der Waals surface area contributed by atoms with Crippen LogP contribution in [0.3, 0.4) is 0 Å². The average molecular weight is 255 g/mol. The van der Waals surface area contributed by atoms with Crippen molar-refractivity contribution in [3.8, 4) is 0 Å². The molecule has 1 aromatic rings. The van der Waals surface area contributed by atoms with Crippen LogP contribution < -0.4 is 11.1 Å². The Morgan fingerprint density at radius 1 is 1.43 bits per heavy atom. The molecule has 1 aromatic carbocycles. The van der Waals surface area contributed by atoms with E-state index < -0.39 is 0 Å². The second-order valence-corrected chi connectivity index (χ2v) is 4.73. The number of nitrogen functional groups attached to an aromatic ring is 1. The van der Waals surface area contributed by atoms with Gasteiger partial charge in [0.15, 0.2) is 0 Å². The number of benzene rings is 1. The minimum atomic E-state index is 0.584. The van der Waals surface area contributed by atoms with Gasteiger partial charge in [0.25, 0.3) is 0 Å². The maximum Gasteiger partial charge on any atom is 0.0350 e. The third-order valence-corrected chi connectivity index (χ3v) is 3.28. The lowest BCUT2D eigenvalue weighted by molar-refractivity contribution is 0.462. The molecule has 0 saturated carbocycles. The first-order valence-corrected chi connectivity index (χ1v) is 5.82. The molecule has 1 aliphatic heterocycles. The Hall–Kier alpha value is -0.540. The van der Waals surface area contributed by atoms with Crippen LogP contribution in [0, 0.1) is 0 Å². The lowest BCUT2D eigenvalue weighted by Crippen LogP contribution is -2.28. The van der Waals surface area contributed by atoms with E-state index in [0.717, 1.165) is 23.2 Å². The highest BCUT2D eigenvalue weighted by Crippen LogP contribution is 2.30. The van der Waals surface area contributed by atoms with Gasteiger partial charge >= 0.3 is 0 Å². The molecule has 76 valence electrons. The number of halogens is 1. The van der Waals surface area contributed by atoms with Crippen molar-refractivity contribution in [1.29, 1.82) is 0 Å². The fourth-order valence-electron chi connectivity index (χ4n) is 2.02. The first-order chi connectivity index (χ1) is 6.77. The molecule has 1 heterocycles. The molecule has 0 radical (unpaired) electrons. The van der Waals surface area contributed by atoms with Crippen molar-refractivity contribution in [1.82, 2.24) is 5.32 Å². The van der Waals surface area contributed by atoms with Gasteiger partial charge < -0.3 is 11.1 Å². The van der Waals surface area contributed by atoms with E-state index in [1.54, 1.807) is 0 Å². The Balaban J connectivity index is 2.24. The van der Waals surface area contributed by atoms with E-state index in [1.807, 2.05) is 12.1 Å². The monoisotopic (exact) mass is 254 g/mol. The molecule has 0 aliphatic carbocycles. The first kappa shape index (κ1) is 9.99. The number of piperidine rings is 1. The molecular weight excluding hydrogens is 240 g/mol. The fraction of sp³-hybridized carbons (Fsp3) is 0.455. The van der Waals surface area contributed by atoms with E-state index in [0.29, 0.717) is 5.92 Å². The van der Waals surface area contributed by atoms with Crippen LogP contribution in [0.25, 0.3) is 0 Å². The highest BCUT2D eigenvalue weighted by Gasteiger charge is 2.17. The average Bonchev–Trinajstić information content (AvgIpc) is 2.23. The summed E-state index contributed by atoms with van der Waals surface area (Å²) in [5.41, 5.74) is 8.17. The van der Waals surface area contributed by atoms with Crippen LogP contribution in [-0.4, -0.2) is 13.1 Å². The minimum absolute atomic E-state index is 0.584. The van der Waals surface area contributed by atoms with Crippen molar-refractivity contribution < 1.29 is 0 Å². The third-order valence-electron chi connectivity index (χ3n) is 2.79. The zero-order chi connectivity index (χ0) is 9.97. The van der Waals surface area contributed by atoms with Gasteiger partial charge in [-0.2, -0.15) is 0 Å². The number of hydrogen-bond donors (Lipinski definition) is 2. The molecule has 0 amide bonds. The maximum atomic E-state index is 5.97. The van der Waals surface area contributed by atoms with Crippen LogP contribution in [0.1, 0.15) is 24.3 Å². The van der Waals surface area contributed by atoms with Crippen LogP contribution in [0.2, 0.25) is 0 Å². The van der Waals surface area contributed by atoms with Gasteiger partial charge in [0.1, 0.15) is 0 Å². The van der Waals surface area contributed by atoms with Crippen molar-refractivity contribution in [3.63, 3.8) is 0 Å². The standard InChI is InChI=1S/C11H15BrN2/c12-9-3-4-11(13)10(6-9)8-2-1-5-14-7-8/h3-4,6,8,14H,1-2,5,7,13H2.